The van der Waals surface area contributed by atoms with Crippen molar-refractivity contribution in [2.75, 3.05) is 11.9 Å². The van der Waals surface area contributed by atoms with Crippen LogP contribution in [-0.4, -0.2) is 11.7 Å². The highest BCUT2D eigenvalue weighted by molar-refractivity contribution is 7.80. The summed E-state index contributed by atoms with van der Waals surface area (Å²) < 4.78 is 13.5. The van der Waals surface area contributed by atoms with Gasteiger partial charge in [-0.3, -0.25) is 0 Å². The molecular weight excluding hydrogens is 319 g/mol. The lowest BCUT2D eigenvalue weighted by Gasteiger charge is -2.14. The molecule has 2 rings (SSSR count). The molecule has 0 aromatic heterocycles. The Kier molecular flexibility index (Phi) is 5.75. The van der Waals surface area contributed by atoms with Crippen molar-refractivity contribution in [2.45, 2.75) is 20.3 Å². The molecule has 2 aromatic rings. The highest BCUT2D eigenvalue weighted by Gasteiger charge is 2.07. The van der Waals surface area contributed by atoms with E-state index >= 15 is 0 Å². The van der Waals surface area contributed by atoms with Crippen LogP contribution in [0.2, 0.25) is 5.02 Å². The Hall–Kier alpha value is -1.65. The standard InChI is InChI=1S/C17H18ClFN2S/c1-11-9-12(2)16(14(18)10-11)21-17(22)20-8-7-13-5-3-4-6-15(13)19/h3-6,9-10H,7-8H2,1-2H3,(H2,20,21,22). The lowest BCUT2D eigenvalue weighted by Crippen LogP contribution is -2.30. The molecule has 0 saturated heterocycles. The molecule has 0 unspecified atom stereocenters. The lowest BCUT2D eigenvalue weighted by atomic mass is 10.1. The fourth-order valence-corrected chi connectivity index (χ4v) is 2.82. The highest BCUT2D eigenvalue weighted by atomic mass is 35.5. The van der Waals surface area contributed by atoms with E-state index in [1.807, 2.05) is 32.0 Å². The largest absolute Gasteiger partial charge is 0.362 e. The summed E-state index contributed by atoms with van der Waals surface area (Å²) in [6.07, 6.45) is 0.565. The van der Waals surface area contributed by atoms with Gasteiger partial charge in [0.25, 0.3) is 0 Å². The second-order valence-corrected chi connectivity index (χ2v) is 5.98. The van der Waals surface area contributed by atoms with Gasteiger partial charge in [-0.2, -0.15) is 0 Å². The quantitative estimate of drug-likeness (QED) is 0.796. The Morgan fingerprint density at radius 2 is 1.95 bits per heavy atom. The molecule has 0 bridgehead atoms. The van der Waals surface area contributed by atoms with E-state index in [1.165, 1.54) is 6.07 Å². The number of rotatable bonds is 4. The van der Waals surface area contributed by atoms with Gasteiger partial charge < -0.3 is 10.6 Å². The molecule has 0 spiro atoms. The summed E-state index contributed by atoms with van der Waals surface area (Å²) >= 11 is 11.5. The molecule has 0 aliphatic carbocycles. The van der Waals surface area contributed by atoms with Crippen molar-refractivity contribution in [3.8, 4) is 0 Å². The molecule has 0 aliphatic heterocycles. The summed E-state index contributed by atoms with van der Waals surface area (Å²) in [5, 5.41) is 7.28. The van der Waals surface area contributed by atoms with Crippen molar-refractivity contribution < 1.29 is 4.39 Å². The van der Waals surface area contributed by atoms with Gasteiger partial charge in [0.2, 0.25) is 0 Å². The Bertz CT molecular complexity index is 665. The molecule has 0 amide bonds. The van der Waals surface area contributed by atoms with Gasteiger partial charge >= 0.3 is 0 Å². The van der Waals surface area contributed by atoms with E-state index in [0.29, 0.717) is 28.7 Å². The number of hydrogen-bond acceptors (Lipinski definition) is 1. The maximum atomic E-state index is 13.5. The second-order valence-electron chi connectivity index (χ2n) is 5.16. The lowest BCUT2D eigenvalue weighted by molar-refractivity contribution is 0.607. The van der Waals surface area contributed by atoms with Crippen molar-refractivity contribution in [1.29, 1.82) is 0 Å². The Labute approximate surface area is 140 Å². The number of benzene rings is 2. The topological polar surface area (TPSA) is 24.1 Å². The zero-order valence-electron chi connectivity index (χ0n) is 12.5. The van der Waals surface area contributed by atoms with Gasteiger partial charge in [-0.15, -0.1) is 0 Å². The highest BCUT2D eigenvalue weighted by Crippen LogP contribution is 2.27. The molecule has 2 aromatic carbocycles. The summed E-state index contributed by atoms with van der Waals surface area (Å²) in [6, 6.07) is 10.7. The number of anilines is 1. The maximum absolute atomic E-state index is 13.5. The molecule has 2 nitrogen and oxygen atoms in total. The summed E-state index contributed by atoms with van der Waals surface area (Å²) in [6.45, 7) is 4.52. The Morgan fingerprint density at radius 1 is 1.23 bits per heavy atom. The molecule has 5 heteroatoms. The van der Waals surface area contributed by atoms with E-state index < -0.39 is 0 Å². The van der Waals surface area contributed by atoms with Gasteiger partial charge in [0.05, 0.1) is 10.7 Å². The van der Waals surface area contributed by atoms with Gasteiger partial charge in [0, 0.05) is 6.54 Å². The number of thiocarbonyl (C=S) groups is 1. The van der Waals surface area contributed by atoms with Crippen LogP contribution in [0.1, 0.15) is 16.7 Å². The van der Waals surface area contributed by atoms with Crippen molar-refractivity contribution in [2.24, 2.45) is 0 Å². The monoisotopic (exact) mass is 336 g/mol. The Balaban J connectivity index is 1.90. The van der Waals surface area contributed by atoms with Crippen LogP contribution in [-0.2, 0) is 6.42 Å². The first-order chi connectivity index (χ1) is 10.5. The van der Waals surface area contributed by atoms with E-state index in [-0.39, 0.29) is 5.82 Å². The smallest absolute Gasteiger partial charge is 0.170 e. The molecule has 116 valence electrons. The third kappa shape index (κ3) is 4.42. The summed E-state index contributed by atoms with van der Waals surface area (Å²) in [4.78, 5) is 0. The van der Waals surface area contributed by atoms with Gasteiger partial charge in [0.15, 0.2) is 5.11 Å². The van der Waals surface area contributed by atoms with E-state index in [4.69, 9.17) is 23.8 Å². The average molecular weight is 337 g/mol. The van der Waals surface area contributed by atoms with Gasteiger partial charge in [-0.1, -0.05) is 35.9 Å². The normalized spacial score (nSPS) is 10.4. The summed E-state index contributed by atoms with van der Waals surface area (Å²) in [7, 11) is 0. The van der Waals surface area contributed by atoms with Crippen LogP contribution in [0.4, 0.5) is 10.1 Å². The molecule has 0 fully saturated rings. The molecule has 0 atom stereocenters. The zero-order chi connectivity index (χ0) is 16.1. The van der Waals surface area contributed by atoms with Crippen LogP contribution < -0.4 is 10.6 Å². The maximum Gasteiger partial charge on any atom is 0.170 e. The Morgan fingerprint density at radius 3 is 2.64 bits per heavy atom. The third-order valence-corrected chi connectivity index (χ3v) is 3.85. The molecule has 22 heavy (non-hydrogen) atoms. The SMILES string of the molecule is Cc1cc(C)c(NC(=S)NCCc2ccccc2F)c(Cl)c1. The summed E-state index contributed by atoms with van der Waals surface area (Å²) in [5.74, 6) is -0.194. The van der Waals surface area contributed by atoms with Crippen LogP contribution in [0.3, 0.4) is 0 Å². The molecule has 0 heterocycles. The second kappa shape index (κ2) is 7.56. The van der Waals surface area contributed by atoms with Crippen LogP contribution in [0, 0.1) is 19.7 Å². The number of hydrogen-bond donors (Lipinski definition) is 2. The molecular formula is C17H18ClFN2S. The van der Waals surface area contributed by atoms with Gasteiger partial charge in [0.1, 0.15) is 5.82 Å². The zero-order valence-corrected chi connectivity index (χ0v) is 14.1. The predicted molar refractivity (Wildman–Crippen MR) is 95.3 cm³/mol. The minimum atomic E-state index is -0.194. The third-order valence-electron chi connectivity index (χ3n) is 3.31. The van der Waals surface area contributed by atoms with Gasteiger partial charge in [-0.05, 0) is 61.3 Å². The fourth-order valence-electron chi connectivity index (χ4n) is 2.24. The van der Waals surface area contributed by atoms with Crippen LogP contribution in [0.25, 0.3) is 0 Å². The first-order valence-corrected chi connectivity index (χ1v) is 7.81. The molecule has 0 radical (unpaired) electrons. The summed E-state index contributed by atoms with van der Waals surface area (Å²) in [5.41, 5.74) is 3.60. The first kappa shape index (κ1) is 16.7. The van der Waals surface area contributed by atoms with E-state index in [9.17, 15) is 4.39 Å². The van der Waals surface area contributed by atoms with E-state index in [1.54, 1.807) is 12.1 Å². The first-order valence-electron chi connectivity index (χ1n) is 7.02. The van der Waals surface area contributed by atoms with Crippen molar-refractivity contribution in [3.63, 3.8) is 0 Å². The molecule has 0 saturated carbocycles. The van der Waals surface area contributed by atoms with Crippen LogP contribution in [0.5, 0.6) is 0 Å². The fraction of sp³-hybridized carbons (Fsp3) is 0.235. The van der Waals surface area contributed by atoms with Crippen molar-refractivity contribution in [1.82, 2.24) is 5.32 Å². The molecule has 0 aliphatic rings. The predicted octanol–water partition coefficient (Wildman–Crippen LogP) is 4.63. The average Bonchev–Trinajstić information content (AvgIpc) is 2.45. The number of nitrogens with one attached hydrogen (secondary N) is 2. The van der Waals surface area contributed by atoms with E-state index in [0.717, 1.165) is 16.8 Å². The van der Waals surface area contributed by atoms with Gasteiger partial charge in [-0.25, -0.2) is 4.39 Å². The minimum absolute atomic E-state index is 0.194. The van der Waals surface area contributed by atoms with Crippen LogP contribution in [0.15, 0.2) is 36.4 Å². The minimum Gasteiger partial charge on any atom is -0.362 e. The van der Waals surface area contributed by atoms with Crippen molar-refractivity contribution in [3.05, 3.63) is 63.9 Å². The van der Waals surface area contributed by atoms with Crippen LogP contribution >= 0.6 is 23.8 Å². The molecule has 2 N–H and O–H groups in total. The number of aryl methyl sites for hydroxylation is 2. The number of halogens is 2. The van der Waals surface area contributed by atoms with Crippen molar-refractivity contribution >= 4 is 34.6 Å². The van der Waals surface area contributed by atoms with E-state index in [2.05, 4.69) is 10.6 Å².